The Morgan fingerprint density at radius 2 is 1.71 bits per heavy atom. The molecule has 3 N–H and O–H groups in total. The molecule has 0 bridgehead atoms. The number of rotatable bonds is 8. The Morgan fingerprint density at radius 1 is 0.941 bits per heavy atom. The van der Waals surface area contributed by atoms with Crippen LogP contribution >= 0.6 is 11.6 Å². The first kappa shape index (κ1) is 23.6. The minimum Gasteiger partial charge on any atom is -0.495 e. The van der Waals surface area contributed by atoms with E-state index in [1.54, 1.807) is 36.4 Å². The van der Waals surface area contributed by atoms with Crippen molar-refractivity contribution >= 4 is 44.8 Å². The molecule has 34 heavy (non-hydrogen) atoms. The predicted octanol–water partition coefficient (Wildman–Crippen LogP) is 4.29. The van der Waals surface area contributed by atoms with Gasteiger partial charge in [-0.05, 0) is 61.4 Å². The Kier molecular flexibility index (Phi) is 6.76. The summed E-state index contributed by atoms with van der Waals surface area (Å²) in [6.45, 7) is 0. The van der Waals surface area contributed by atoms with Crippen LogP contribution in [0.3, 0.4) is 0 Å². The van der Waals surface area contributed by atoms with Gasteiger partial charge in [0.1, 0.15) is 5.75 Å². The topological polar surface area (TPSA) is 114 Å². The molecule has 3 aromatic carbocycles. The Bertz CT molecular complexity index is 1360. The van der Waals surface area contributed by atoms with E-state index in [1.165, 1.54) is 37.4 Å². The monoisotopic (exact) mass is 499 g/mol. The summed E-state index contributed by atoms with van der Waals surface area (Å²) in [4.78, 5) is 25.3. The molecular weight excluding hydrogens is 478 g/mol. The summed E-state index contributed by atoms with van der Waals surface area (Å²) < 4.78 is 33.6. The first-order chi connectivity index (χ1) is 16.3. The van der Waals surface area contributed by atoms with Crippen molar-refractivity contribution in [3.63, 3.8) is 0 Å². The zero-order chi connectivity index (χ0) is 24.3. The van der Waals surface area contributed by atoms with Crippen LogP contribution in [0.25, 0.3) is 0 Å². The number of para-hydroxylation sites is 1. The highest BCUT2D eigenvalue weighted by molar-refractivity contribution is 7.92. The molecule has 0 radical (unpaired) electrons. The summed E-state index contributed by atoms with van der Waals surface area (Å²) in [6.07, 6.45) is 1.88. The second-order valence-electron chi connectivity index (χ2n) is 7.73. The zero-order valence-electron chi connectivity index (χ0n) is 18.2. The van der Waals surface area contributed by atoms with E-state index in [-0.39, 0.29) is 28.1 Å². The fraction of sp³-hybridized carbons (Fsp3) is 0.167. The molecule has 1 fully saturated rings. The first-order valence-corrected chi connectivity index (χ1v) is 12.3. The Hall–Kier alpha value is -3.56. The number of sulfonamides is 1. The largest absolute Gasteiger partial charge is 0.495 e. The molecule has 1 saturated carbocycles. The summed E-state index contributed by atoms with van der Waals surface area (Å²) >= 11 is 5.99. The van der Waals surface area contributed by atoms with Gasteiger partial charge >= 0.3 is 0 Å². The van der Waals surface area contributed by atoms with Gasteiger partial charge in [0.05, 0.1) is 28.9 Å². The average Bonchev–Trinajstić information content (AvgIpc) is 3.63. The maximum absolute atomic E-state index is 13.0. The highest BCUT2D eigenvalue weighted by atomic mass is 35.5. The van der Waals surface area contributed by atoms with Crippen molar-refractivity contribution in [1.82, 2.24) is 5.32 Å². The number of ether oxygens (including phenoxy) is 1. The van der Waals surface area contributed by atoms with Crippen LogP contribution in [0.1, 0.15) is 33.6 Å². The van der Waals surface area contributed by atoms with E-state index in [0.717, 1.165) is 12.8 Å². The fourth-order valence-corrected chi connectivity index (χ4v) is 4.52. The second-order valence-corrected chi connectivity index (χ2v) is 9.84. The van der Waals surface area contributed by atoms with Crippen molar-refractivity contribution in [2.24, 2.45) is 0 Å². The summed E-state index contributed by atoms with van der Waals surface area (Å²) in [6, 6.07) is 16.9. The number of amides is 2. The highest BCUT2D eigenvalue weighted by Crippen LogP contribution is 2.30. The van der Waals surface area contributed by atoms with Gasteiger partial charge in [-0.2, -0.15) is 0 Å². The average molecular weight is 500 g/mol. The third-order valence-corrected chi connectivity index (χ3v) is 6.74. The molecule has 0 atom stereocenters. The van der Waals surface area contributed by atoms with Crippen LogP contribution in [0.15, 0.2) is 71.6 Å². The van der Waals surface area contributed by atoms with E-state index in [0.29, 0.717) is 22.0 Å². The molecule has 1 aliphatic rings. The number of carbonyl (C=O) groups is 2. The van der Waals surface area contributed by atoms with Crippen LogP contribution in [-0.4, -0.2) is 33.4 Å². The number of hydrogen-bond donors (Lipinski definition) is 3. The quantitative estimate of drug-likeness (QED) is 0.427. The van der Waals surface area contributed by atoms with Crippen molar-refractivity contribution in [2.45, 2.75) is 23.8 Å². The van der Waals surface area contributed by atoms with E-state index in [2.05, 4.69) is 15.4 Å². The van der Waals surface area contributed by atoms with Gasteiger partial charge in [-0.25, -0.2) is 8.42 Å². The minimum atomic E-state index is -4.05. The number of hydrogen-bond acceptors (Lipinski definition) is 5. The van der Waals surface area contributed by atoms with Crippen molar-refractivity contribution in [2.75, 3.05) is 17.1 Å². The molecule has 0 saturated heterocycles. The predicted molar refractivity (Wildman–Crippen MR) is 130 cm³/mol. The van der Waals surface area contributed by atoms with E-state index in [1.807, 2.05) is 0 Å². The summed E-state index contributed by atoms with van der Waals surface area (Å²) in [5.74, 6) is -0.526. The van der Waals surface area contributed by atoms with Crippen molar-refractivity contribution < 1.29 is 22.7 Å². The maximum atomic E-state index is 13.0. The fourth-order valence-electron chi connectivity index (χ4n) is 3.24. The first-order valence-electron chi connectivity index (χ1n) is 10.4. The molecule has 10 heteroatoms. The van der Waals surface area contributed by atoms with Gasteiger partial charge in [0.2, 0.25) is 0 Å². The Labute approximate surface area is 202 Å². The van der Waals surface area contributed by atoms with E-state index >= 15 is 0 Å². The normalized spacial score (nSPS) is 13.1. The molecule has 3 aromatic rings. The van der Waals surface area contributed by atoms with Gasteiger partial charge in [-0.3, -0.25) is 14.3 Å². The van der Waals surface area contributed by atoms with Crippen LogP contribution < -0.4 is 20.1 Å². The van der Waals surface area contributed by atoms with Gasteiger partial charge in [0.15, 0.2) is 0 Å². The summed E-state index contributed by atoms with van der Waals surface area (Å²) in [7, 11) is -2.64. The van der Waals surface area contributed by atoms with E-state index in [4.69, 9.17) is 16.3 Å². The molecule has 0 aliphatic heterocycles. The molecule has 1 aliphatic carbocycles. The molecule has 0 unspecified atom stereocenters. The molecule has 2 amide bonds. The second kappa shape index (κ2) is 9.74. The van der Waals surface area contributed by atoms with Crippen LogP contribution in [0.4, 0.5) is 11.4 Å². The van der Waals surface area contributed by atoms with Gasteiger partial charge in [0.25, 0.3) is 21.8 Å². The molecule has 0 heterocycles. The third kappa shape index (κ3) is 5.49. The summed E-state index contributed by atoms with van der Waals surface area (Å²) in [5, 5.41) is 5.92. The number of carbonyl (C=O) groups excluding carboxylic acids is 2. The molecular formula is C24H22ClN3O5S. The van der Waals surface area contributed by atoms with Crippen LogP contribution in [0.2, 0.25) is 5.02 Å². The molecule has 176 valence electrons. The number of anilines is 2. The lowest BCUT2D eigenvalue weighted by atomic mass is 10.1. The Balaban J connectivity index is 1.55. The van der Waals surface area contributed by atoms with Gasteiger partial charge in [-0.15, -0.1) is 0 Å². The highest BCUT2D eigenvalue weighted by Gasteiger charge is 2.25. The smallest absolute Gasteiger partial charge is 0.262 e. The third-order valence-electron chi connectivity index (χ3n) is 5.14. The van der Waals surface area contributed by atoms with Crippen LogP contribution in [0.5, 0.6) is 5.75 Å². The molecule has 0 spiro atoms. The van der Waals surface area contributed by atoms with Crippen molar-refractivity contribution in [3.05, 3.63) is 82.9 Å². The SMILES string of the molecule is COc1ccc(Cl)cc1NS(=O)(=O)c1cccc(C(=O)Nc2ccccc2C(=O)NC2CC2)c1. The van der Waals surface area contributed by atoms with Crippen molar-refractivity contribution in [3.8, 4) is 5.75 Å². The van der Waals surface area contributed by atoms with E-state index in [9.17, 15) is 18.0 Å². The number of halogens is 1. The minimum absolute atomic E-state index is 0.110. The van der Waals surface area contributed by atoms with Crippen molar-refractivity contribution in [1.29, 1.82) is 0 Å². The lowest BCUT2D eigenvalue weighted by Crippen LogP contribution is -2.27. The van der Waals surface area contributed by atoms with E-state index < -0.39 is 15.9 Å². The molecule has 4 rings (SSSR count). The number of methoxy groups -OCH3 is 1. The Morgan fingerprint density at radius 3 is 2.44 bits per heavy atom. The number of benzene rings is 3. The van der Waals surface area contributed by atoms with Gasteiger partial charge in [0, 0.05) is 16.6 Å². The van der Waals surface area contributed by atoms with Crippen LogP contribution in [0, 0.1) is 0 Å². The summed E-state index contributed by atoms with van der Waals surface area (Å²) in [5.41, 5.74) is 0.945. The molecule has 0 aromatic heterocycles. The zero-order valence-corrected chi connectivity index (χ0v) is 19.7. The lowest BCUT2D eigenvalue weighted by Gasteiger charge is -2.13. The standard InChI is InChI=1S/C24H22ClN3O5S/c1-33-22-12-9-16(25)14-21(22)28-34(31,32)18-6-4-5-15(13-18)23(29)27-20-8-3-2-7-19(20)24(30)26-17-10-11-17/h2-9,12-14,17,28H,10-11H2,1H3,(H,26,30)(H,27,29). The van der Waals surface area contributed by atoms with Gasteiger partial charge < -0.3 is 15.4 Å². The number of nitrogens with one attached hydrogen (secondary N) is 3. The lowest BCUT2D eigenvalue weighted by molar-refractivity contribution is 0.0952. The van der Waals surface area contributed by atoms with Gasteiger partial charge in [-0.1, -0.05) is 29.8 Å². The van der Waals surface area contributed by atoms with Crippen LogP contribution in [-0.2, 0) is 10.0 Å². The maximum Gasteiger partial charge on any atom is 0.262 e. The molecule has 8 nitrogen and oxygen atoms in total.